The number of carbonyl (C=O) groups is 3. The van der Waals surface area contributed by atoms with Crippen molar-refractivity contribution in [2.45, 2.75) is 329 Å². The van der Waals surface area contributed by atoms with E-state index in [9.17, 15) is 14.4 Å². The average molecular weight is 956 g/mol. The van der Waals surface area contributed by atoms with Crippen molar-refractivity contribution in [3.8, 4) is 0 Å². The van der Waals surface area contributed by atoms with Crippen LogP contribution in [0, 0.1) is 0 Å². The van der Waals surface area contributed by atoms with Crippen molar-refractivity contribution >= 4 is 17.9 Å². The molecule has 0 saturated heterocycles. The minimum Gasteiger partial charge on any atom is -0.462 e. The Morgan fingerprint density at radius 3 is 0.735 bits per heavy atom. The second kappa shape index (κ2) is 57.2. The van der Waals surface area contributed by atoms with Crippen molar-refractivity contribution in [1.29, 1.82) is 0 Å². The fourth-order valence-electron chi connectivity index (χ4n) is 8.78. The zero-order valence-corrected chi connectivity index (χ0v) is 45.6. The molecule has 0 bridgehead atoms. The van der Waals surface area contributed by atoms with Crippen molar-refractivity contribution in [2.75, 3.05) is 13.2 Å². The minimum atomic E-state index is -0.778. The molecule has 0 rings (SSSR count). The van der Waals surface area contributed by atoms with Crippen molar-refractivity contribution in [2.24, 2.45) is 0 Å². The molecule has 1 atom stereocenters. The van der Waals surface area contributed by atoms with E-state index in [2.05, 4.69) is 57.2 Å². The fraction of sp³-hybridized carbons (Fsp3) is 0.855. The van der Waals surface area contributed by atoms with Crippen LogP contribution in [-0.4, -0.2) is 37.2 Å². The van der Waals surface area contributed by atoms with E-state index >= 15 is 0 Å². The predicted molar refractivity (Wildman–Crippen MR) is 293 cm³/mol. The van der Waals surface area contributed by atoms with Gasteiger partial charge in [0.05, 0.1) is 0 Å². The lowest BCUT2D eigenvalue weighted by Gasteiger charge is -2.18. The summed E-state index contributed by atoms with van der Waals surface area (Å²) in [5.41, 5.74) is 0. The van der Waals surface area contributed by atoms with Gasteiger partial charge in [-0.25, -0.2) is 0 Å². The van der Waals surface area contributed by atoms with Crippen LogP contribution < -0.4 is 0 Å². The number of ether oxygens (including phenoxy) is 3. The van der Waals surface area contributed by atoms with Gasteiger partial charge in [-0.2, -0.15) is 0 Å². The second-order valence-corrected chi connectivity index (χ2v) is 20.2. The Kier molecular flexibility index (Phi) is 55.2. The zero-order chi connectivity index (χ0) is 49.3. The first-order chi connectivity index (χ1) is 33.5. The molecular weight excluding hydrogens is 841 g/mol. The number of rotatable bonds is 55. The highest BCUT2D eigenvalue weighted by Gasteiger charge is 2.19. The molecule has 68 heavy (non-hydrogen) atoms. The fourth-order valence-corrected chi connectivity index (χ4v) is 8.78. The highest BCUT2D eigenvalue weighted by molar-refractivity contribution is 5.71. The molecule has 0 aliphatic carbocycles. The zero-order valence-electron chi connectivity index (χ0n) is 45.6. The maximum absolute atomic E-state index is 12.9. The Morgan fingerprint density at radius 1 is 0.279 bits per heavy atom. The summed E-state index contributed by atoms with van der Waals surface area (Å²) in [5.74, 6) is -0.875. The molecule has 0 radical (unpaired) electrons. The van der Waals surface area contributed by atoms with Crippen LogP contribution in [0.2, 0.25) is 0 Å². The van der Waals surface area contributed by atoms with Gasteiger partial charge in [0.15, 0.2) is 6.10 Å². The summed E-state index contributed by atoms with van der Waals surface area (Å²) < 4.78 is 16.9. The Bertz CT molecular complexity index is 1140. The van der Waals surface area contributed by atoms with Crippen LogP contribution >= 0.6 is 0 Å². The quantitative estimate of drug-likeness (QED) is 0.0262. The number of hydrogen-bond acceptors (Lipinski definition) is 6. The lowest BCUT2D eigenvalue weighted by atomic mass is 10.1. The van der Waals surface area contributed by atoms with Gasteiger partial charge in [-0.3, -0.25) is 14.4 Å². The topological polar surface area (TPSA) is 78.9 Å². The number of carbonyl (C=O) groups excluding carboxylic acids is 3. The number of hydrogen-bond donors (Lipinski definition) is 0. The Balaban J connectivity index is 4.37. The summed E-state index contributed by atoms with van der Waals surface area (Å²) in [6.07, 6.45) is 68.5. The van der Waals surface area contributed by atoms with Gasteiger partial charge in [0.1, 0.15) is 13.2 Å². The number of allylic oxidation sites excluding steroid dienone is 6. The first-order valence-electron chi connectivity index (χ1n) is 30.0. The van der Waals surface area contributed by atoms with E-state index in [4.69, 9.17) is 14.2 Å². The third-order valence-electron chi connectivity index (χ3n) is 13.3. The van der Waals surface area contributed by atoms with Gasteiger partial charge in [0, 0.05) is 19.3 Å². The van der Waals surface area contributed by atoms with Crippen LogP contribution in [0.25, 0.3) is 0 Å². The van der Waals surface area contributed by atoms with E-state index in [1.165, 1.54) is 218 Å². The van der Waals surface area contributed by atoms with Crippen molar-refractivity contribution in [3.05, 3.63) is 36.5 Å². The SMILES string of the molecule is CCCCCCCC/C=C\CCCCCCCCCC(=O)OCC(COC(=O)CCCCCCC/C=C\CCCCCCCCC)OC(=O)CCCCCCCCC/C=C\CCCCCCCC. The van der Waals surface area contributed by atoms with E-state index in [1.807, 2.05) is 0 Å². The minimum absolute atomic E-state index is 0.0764. The lowest BCUT2D eigenvalue weighted by Crippen LogP contribution is -2.30. The van der Waals surface area contributed by atoms with Gasteiger partial charge >= 0.3 is 17.9 Å². The normalized spacial score (nSPS) is 12.2. The van der Waals surface area contributed by atoms with Gasteiger partial charge in [-0.1, -0.05) is 243 Å². The molecule has 0 aromatic rings. The first kappa shape index (κ1) is 65.6. The molecule has 0 spiro atoms. The molecule has 398 valence electrons. The highest BCUT2D eigenvalue weighted by atomic mass is 16.6. The lowest BCUT2D eigenvalue weighted by molar-refractivity contribution is -0.167. The Hall–Kier alpha value is -2.37. The van der Waals surface area contributed by atoms with E-state index in [-0.39, 0.29) is 31.1 Å². The molecule has 0 aromatic carbocycles. The summed E-state index contributed by atoms with van der Waals surface area (Å²) in [6.45, 7) is 6.66. The summed E-state index contributed by atoms with van der Waals surface area (Å²) in [6, 6.07) is 0. The van der Waals surface area contributed by atoms with Gasteiger partial charge in [0.2, 0.25) is 0 Å². The van der Waals surface area contributed by atoms with Gasteiger partial charge in [-0.05, 0) is 96.3 Å². The van der Waals surface area contributed by atoms with Crippen LogP contribution in [0.1, 0.15) is 323 Å². The largest absolute Gasteiger partial charge is 0.462 e. The molecule has 0 heterocycles. The third kappa shape index (κ3) is 54.6. The van der Waals surface area contributed by atoms with Gasteiger partial charge < -0.3 is 14.2 Å². The molecule has 1 unspecified atom stereocenters. The van der Waals surface area contributed by atoms with Crippen LogP contribution in [0.5, 0.6) is 0 Å². The molecule has 6 nitrogen and oxygen atoms in total. The monoisotopic (exact) mass is 955 g/mol. The Labute approximate surface area is 423 Å². The highest BCUT2D eigenvalue weighted by Crippen LogP contribution is 2.16. The molecular formula is C62H114O6. The third-order valence-corrected chi connectivity index (χ3v) is 13.3. The maximum atomic E-state index is 12.9. The molecule has 0 aliphatic heterocycles. The van der Waals surface area contributed by atoms with Crippen molar-refractivity contribution < 1.29 is 28.6 Å². The Morgan fingerprint density at radius 2 is 0.485 bits per heavy atom. The molecule has 0 aromatic heterocycles. The summed E-state index contributed by atoms with van der Waals surface area (Å²) in [7, 11) is 0. The number of esters is 3. The van der Waals surface area contributed by atoms with Crippen molar-refractivity contribution in [1.82, 2.24) is 0 Å². The molecule has 0 saturated carbocycles. The number of unbranched alkanes of at least 4 members (excludes halogenated alkanes) is 38. The predicted octanol–water partition coefficient (Wildman–Crippen LogP) is 20.0. The van der Waals surface area contributed by atoms with Crippen LogP contribution in [0.3, 0.4) is 0 Å². The van der Waals surface area contributed by atoms with Gasteiger partial charge in [0.25, 0.3) is 0 Å². The van der Waals surface area contributed by atoms with Crippen LogP contribution in [0.4, 0.5) is 0 Å². The molecule has 0 N–H and O–H groups in total. The molecule has 6 heteroatoms. The molecule has 0 amide bonds. The van der Waals surface area contributed by atoms with Crippen LogP contribution in [-0.2, 0) is 28.6 Å². The summed E-state index contributed by atoms with van der Waals surface area (Å²) >= 11 is 0. The summed E-state index contributed by atoms with van der Waals surface area (Å²) in [4.78, 5) is 38.2. The molecule has 0 aliphatic rings. The molecule has 0 fully saturated rings. The van der Waals surface area contributed by atoms with E-state index in [0.29, 0.717) is 19.3 Å². The standard InChI is InChI=1S/C62H114O6/c1-4-7-10-13-16-19-22-25-28-31-34-37-40-43-46-49-52-55-61(64)67-58-59(57-66-60(63)54-51-48-45-42-39-36-33-30-27-24-21-18-15-12-9-6-3)68-62(65)56-53-50-47-44-41-38-35-32-29-26-23-20-17-14-11-8-5-2/h25-26,28-30,33,59H,4-24,27,31-32,34-58H2,1-3H3/b28-25-,29-26-,33-30-. The van der Waals surface area contributed by atoms with E-state index in [1.54, 1.807) is 0 Å². The van der Waals surface area contributed by atoms with Crippen molar-refractivity contribution in [3.63, 3.8) is 0 Å². The summed E-state index contributed by atoms with van der Waals surface area (Å²) in [5, 5.41) is 0. The van der Waals surface area contributed by atoms with Crippen LogP contribution in [0.15, 0.2) is 36.5 Å². The average Bonchev–Trinajstić information content (AvgIpc) is 3.34. The second-order valence-electron chi connectivity index (χ2n) is 20.2. The smallest absolute Gasteiger partial charge is 0.306 e. The maximum Gasteiger partial charge on any atom is 0.306 e. The van der Waals surface area contributed by atoms with E-state index < -0.39 is 6.10 Å². The van der Waals surface area contributed by atoms with E-state index in [0.717, 1.165) is 64.2 Å². The van der Waals surface area contributed by atoms with Gasteiger partial charge in [-0.15, -0.1) is 0 Å². The first-order valence-corrected chi connectivity index (χ1v) is 30.0.